The van der Waals surface area contributed by atoms with Crippen LogP contribution in [0.15, 0.2) is 12.3 Å². The highest BCUT2D eigenvalue weighted by Gasteiger charge is 2.37. The number of carbonyl (C=O) groups is 1. The zero-order chi connectivity index (χ0) is 14.0. The lowest BCUT2D eigenvalue weighted by atomic mass is 9.99. The molecule has 0 aromatic carbocycles. The number of thiocarbonyl (C=S) groups is 1. The lowest BCUT2D eigenvalue weighted by Gasteiger charge is -2.18. The number of nitrogens with zero attached hydrogens (tertiary/aromatic N) is 3. The van der Waals surface area contributed by atoms with Crippen LogP contribution in [0.3, 0.4) is 0 Å². The maximum Gasteiger partial charge on any atom is 0.310 e. The molecule has 0 radical (unpaired) electrons. The Balaban J connectivity index is 2.25. The van der Waals surface area contributed by atoms with E-state index in [1.165, 1.54) is 7.11 Å². The van der Waals surface area contributed by atoms with Crippen LogP contribution >= 0.6 is 12.2 Å². The predicted molar refractivity (Wildman–Crippen MR) is 74.8 cm³/mol. The predicted octanol–water partition coefficient (Wildman–Crippen LogP) is 0.356. The number of anilines is 1. The molecule has 1 fully saturated rings. The molecule has 0 aliphatic carbocycles. The van der Waals surface area contributed by atoms with Crippen molar-refractivity contribution < 1.29 is 9.53 Å². The molecular weight excluding hydrogens is 264 g/mol. The number of hydrogen-bond acceptors (Lipinski definition) is 6. The Hall–Kier alpha value is -1.76. The highest BCUT2D eigenvalue weighted by Crippen LogP contribution is 2.29. The van der Waals surface area contributed by atoms with Crippen molar-refractivity contribution in [1.82, 2.24) is 10.2 Å². The summed E-state index contributed by atoms with van der Waals surface area (Å²) < 4.78 is 4.81. The summed E-state index contributed by atoms with van der Waals surface area (Å²) in [6, 6.07) is 1.74. The van der Waals surface area contributed by atoms with Gasteiger partial charge in [-0.15, -0.1) is 5.10 Å². The Labute approximate surface area is 116 Å². The van der Waals surface area contributed by atoms with Crippen molar-refractivity contribution in [2.75, 3.05) is 25.1 Å². The molecule has 2 heterocycles. The molecule has 0 saturated carbocycles. The number of ether oxygens (including phenoxy) is 1. The van der Waals surface area contributed by atoms with E-state index in [0.29, 0.717) is 24.5 Å². The minimum atomic E-state index is -0.198. The van der Waals surface area contributed by atoms with E-state index in [1.807, 2.05) is 11.8 Å². The zero-order valence-corrected chi connectivity index (χ0v) is 11.7. The second-order valence-corrected chi connectivity index (χ2v) is 5.08. The van der Waals surface area contributed by atoms with Crippen molar-refractivity contribution in [3.05, 3.63) is 17.8 Å². The quantitative estimate of drug-likeness (QED) is 0.632. The van der Waals surface area contributed by atoms with E-state index >= 15 is 0 Å². The number of methoxy groups -OCH3 is 1. The number of carbonyl (C=O) groups excluding carboxylic acids is 1. The summed E-state index contributed by atoms with van der Waals surface area (Å²) in [6.45, 7) is 3.26. The fourth-order valence-electron chi connectivity index (χ4n) is 2.35. The van der Waals surface area contributed by atoms with Gasteiger partial charge in [-0.3, -0.25) is 4.79 Å². The SMILES string of the molecule is COC(=O)C1CN(c2nnccc2C(N)=S)CC1C. The molecule has 7 heteroatoms. The lowest BCUT2D eigenvalue weighted by molar-refractivity contribution is -0.145. The van der Waals surface area contributed by atoms with Crippen LogP contribution in [0.4, 0.5) is 5.82 Å². The standard InChI is InChI=1S/C12H16N4O2S/c1-7-5-16(6-9(7)12(17)18-2)11-8(10(13)19)3-4-14-15-11/h3-4,7,9H,5-6H2,1-2H3,(H2,13,19). The van der Waals surface area contributed by atoms with Gasteiger partial charge in [-0.2, -0.15) is 5.10 Å². The highest BCUT2D eigenvalue weighted by atomic mass is 32.1. The molecule has 1 aromatic rings. The number of nitrogens with two attached hydrogens (primary N) is 1. The van der Waals surface area contributed by atoms with Crippen molar-refractivity contribution in [2.45, 2.75) is 6.92 Å². The smallest absolute Gasteiger partial charge is 0.310 e. The molecule has 0 bridgehead atoms. The topological polar surface area (TPSA) is 81.3 Å². The van der Waals surface area contributed by atoms with Crippen LogP contribution in [-0.4, -0.2) is 41.4 Å². The average molecular weight is 280 g/mol. The van der Waals surface area contributed by atoms with Gasteiger partial charge < -0.3 is 15.4 Å². The largest absolute Gasteiger partial charge is 0.469 e. The first-order chi connectivity index (χ1) is 9.04. The molecule has 0 spiro atoms. The average Bonchev–Trinajstić information content (AvgIpc) is 2.79. The molecule has 2 atom stereocenters. The first-order valence-corrected chi connectivity index (χ1v) is 6.39. The van der Waals surface area contributed by atoms with E-state index < -0.39 is 0 Å². The van der Waals surface area contributed by atoms with Gasteiger partial charge in [0.05, 0.1) is 24.8 Å². The minimum absolute atomic E-state index is 0.161. The van der Waals surface area contributed by atoms with E-state index in [1.54, 1.807) is 12.3 Å². The summed E-state index contributed by atoms with van der Waals surface area (Å²) in [5, 5.41) is 7.96. The molecule has 1 aliphatic rings. The maximum atomic E-state index is 11.7. The van der Waals surface area contributed by atoms with Crippen LogP contribution in [-0.2, 0) is 9.53 Å². The zero-order valence-electron chi connectivity index (χ0n) is 10.9. The Morgan fingerprint density at radius 1 is 1.58 bits per heavy atom. The molecule has 2 unspecified atom stereocenters. The molecule has 1 aliphatic heterocycles. The van der Waals surface area contributed by atoms with Gasteiger partial charge in [0.15, 0.2) is 5.82 Å². The van der Waals surface area contributed by atoms with Crippen LogP contribution in [0, 0.1) is 11.8 Å². The maximum absolute atomic E-state index is 11.7. The molecule has 1 aromatic heterocycles. The van der Waals surface area contributed by atoms with Crippen molar-refractivity contribution >= 4 is 29.0 Å². The summed E-state index contributed by atoms with van der Waals surface area (Å²) in [4.78, 5) is 13.9. The molecule has 2 rings (SSSR count). The van der Waals surface area contributed by atoms with Crippen LogP contribution < -0.4 is 10.6 Å². The molecule has 2 N–H and O–H groups in total. The van der Waals surface area contributed by atoms with Crippen LogP contribution in [0.5, 0.6) is 0 Å². The Kier molecular flexibility index (Phi) is 3.94. The van der Waals surface area contributed by atoms with Crippen LogP contribution in [0.25, 0.3) is 0 Å². The third kappa shape index (κ3) is 2.65. The monoisotopic (exact) mass is 280 g/mol. The Bertz CT molecular complexity index is 508. The normalized spacial score (nSPS) is 22.3. The first kappa shape index (κ1) is 13.7. The third-order valence-electron chi connectivity index (χ3n) is 3.38. The van der Waals surface area contributed by atoms with Crippen molar-refractivity contribution in [1.29, 1.82) is 0 Å². The molecule has 19 heavy (non-hydrogen) atoms. The van der Waals surface area contributed by atoms with Gasteiger partial charge in [0.2, 0.25) is 0 Å². The van der Waals surface area contributed by atoms with E-state index in [0.717, 1.165) is 0 Å². The van der Waals surface area contributed by atoms with Gasteiger partial charge in [-0.05, 0) is 12.0 Å². The molecule has 0 amide bonds. The first-order valence-electron chi connectivity index (χ1n) is 5.99. The fourth-order valence-corrected chi connectivity index (χ4v) is 2.51. The summed E-state index contributed by atoms with van der Waals surface area (Å²) in [5.74, 6) is 0.462. The van der Waals surface area contributed by atoms with Crippen molar-refractivity contribution in [2.24, 2.45) is 17.6 Å². The summed E-state index contributed by atoms with van der Waals surface area (Å²) in [5.41, 5.74) is 6.37. The summed E-state index contributed by atoms with van der Waals surface area (Å²) in [7, 11) is 1.40. The van der Waals surface area contributed by atoms with Crippen LogP contribution in [0.2, 0.25) is 0 Å². The van der Waals surface area contributed by atoms with E-state index in [4.69, 9.17) is 22.7 Å². The number of aromatic nitrogens is 2. The molecule has 6 nitrogen and oxygen atoms in total. The molecular formula is C12H16N4O2S. The minimum Gasteiger partial charge on any atom is -0.469 e. The van der Waals surface area contributed by atoms with E-state index in [2.05, 4.69) is 10.2 Å². The Morgan fingerprint density at radius 2 is 2.32 bits per heavy atom. The summed E-state index contributed by atoms with van der Waals surface area (Å²) >= 11 is 5.01. The van der Waals surface area contributed by atoms with E-state index in [9.17, 15) is 4.79 Å². The van der Waals surface area contributed by atoms with Crippen molar-refractivity contribution in [3.8, 4) is 0 Å². The van der Waals surface area contributed by atoms with Gasteiger partial charge in [-0.1, -0.05) is 19.1 Å². The third-order valence-corrected chi connectivity index (χ3v) is 3.60. The number of rotatable bonds is 3. The van der Waals surface area contributed by atoms with Gasteiger partial charge in [0.1, 0.15) is 4.99 Å². The molecule has 102 valence electrons. The summed E-state index contributed by atoms with van der Waals surface area (Å²) in [6.07, 6.45) is 1.55. The van der Waals surface area contributed by atoms with Crippen LogP contribution in [0.1, 0.15) is 12.5 Å². The highest BCUT2D eigenvalue weighted by molar-refractivity contribution is 7.80. The molecule has 1 saturated heterocycles. The number of esters is 1. The lowest BCUT2D eigenvalue weighted by Crippen LogP contribution is -2.27. The second kappa shape index (κ2) is 5.48. The van der Waals surface area contributed by atoms with Gasteiger partial charge in [-0.25, -0.2) is 0 Å². The fraction of sp³-hybridized carbons (Fsp3) is 0.500. The van der Waals surface area contributed by atoms with Gasteiger partial charge in [0.25, 0.3) is 0 Å². The van der Waals surface area contributed by atoms with E-state index in [-0.39, 0.29) is 22.8 Å². The van der Waals surface area contributed by atoms with Crippen molar-refractivity contribution in [3.63, 3.8) is 0 Å². The Morgan fingerprint density at radius 3 is 2.95 bits per heavy atom. The second-order valence-electron chi connectivity index (χ2n) is 4.64. The van der Waals surface area contributed by atoms with Gasteiger partial charge >= 0.3 is 5.97 Å². The number of hydrogen-bond donors (Lipinski definition) is 1. The van der Waals surface area contributed by atoms with Gasteiger partial charge in [0, 0.05) is 13.1 Å².